The van der Waals surface area contributed by atoms with E-state index in [1.54, 1.807) is 69.3 Å². The smallest absolute Gasteiger partial charge is 0.412 e. The number of nitrogen functional groups attached to an aromatic ring is 1. The van der Waals surface area contributed by atoms with Gasteiger partial charge in [0.2, 0.25) is 0 Å². The number of ketones is 1. The fourth-order valence-electron chi connectivity index (χ4n) is 1.93. The highest BCUT2D eigenvalue weighted by molar-refractivity contribution is 6.09. The van der Waals surface area contributed by atoms with Crippen LogP contribution in [0.1, 0.15) is 36.7 Å². The van der Waals surface area contributed by atoms with Crippen LogP contribution in [0.2, 0.25) is 0 Å². The van der Waals surface area contributed by atoms with Gasteiger partial charge >= 0.3 is 6.09 Å². The van der Waals surface area contributed by atoms with Gasteiger partial charge in [0.15, 0.2) is 5.78 Å². The largest absolute Gasteiger partial charge is 0.444 e. The SMILES string of the molecule is CC(C)(C)OC(=O)Nc1ccc(C(=O)c2ccc(N)cc2)cc1. The van der Waals surface area contributed by atoms with Crippen LogP contribution in [0.3, 0.4) is 0 Å². The van der Waals surface area contributed by atoms with Crippen LogP contribution in [0.5, 0.6) is 0 Å². The van der Waals surface area contributed by atoms with Gasteiger partial charge in [-0.25, -0.2) is 4.79 Å². The third-order valence-corrected chi connectivity index (χ3v) is 2.97. The molecule has 0 aliphatic carbocycles. The zero-order chi connectivity index (χ0) is 17.0. The van der Waals surface area contributed by atoms with Crippen LogP contribution in [0.25, 0.3) is 0 Å². The van der Waals surface area contributed by atoms with E-state index in [2.05, 4.69) is 5.32 Å². The molecule has 120 valence electrons. The number of ether oxygens (including phenoxy) is 1. The van der Waals surface area contributed by atoms with E-state index in [9.17, 15) is 9.59 Å². The van der Waals surface area contributed by atoms with E-state index in [-0.39, 0.29) is 5.78 Å². The maximum absolute atomic E-state index is 12.3. The maximum Gasteiger partial charge on any atom is 0.412 e. The number of hydrogen-bond acceptors (Lipinski definition) is 4. The van der Waals surface area contributed by atoms with Gasteiger partial charge in [-0.15, -0.1) is 0 Å². The third-order valence-electron chi connectivity index (χ3n) is 2.97. The first kappa shape index (κ1) is 16.5. The molecule has 0 saturated carbocycles. The molecule has 0 heterocycles. The first-order valence-corrected chi connectivity index (χ1v) is 7.25. The van der Waals surface area contributed by atoms with Crippen molar-refractivity contribution in [2.75, 3.05) is 11.1 Å². The van der Waals surface area contributed by atoms with E-state index in [1.807, 2.05) is 0 Å². The van der Waals surface area contributed by atoms with Crippen molar-refractivity contribution >= 4 is 23.3 Å². The lowest BCUT2D eigenvalue weighted by molar-refractivity contribution is 0.0636. The summed E-state index contributed by atoms with van der Waals surface area (Å²) in [5.74, 6) is -0.103. The highest BCUT2D eigenvalue weighted by Crippen LogP contribution is 2.16. The van der Waals surface area contributed by atoms with Crippen molar-refractivity contribution in [3.8, 4) is 0 Å². The molecular weight excluding hydrogens is 292 g/mol. The average molecular weight is 312 g/mol. The number of hydrogen-bond donors (Lipinski definition) is 2. The molecule has 3 N–H and O–H groups in total. The molecule has 0 aliphatic heterocycles. The lowest BCUT2D eigenvalue weighted by atomic mass is 10.0. The third kappa shape index (κ3) is 4.85. The summed E-state index contributed by atoms with van der Waals surface area (Å²) in [5, 5.41) is 2.62. The number of benzene rings is 2. The van der Waals surface area contributed by atoms with Gasteiger partial charge < -0.3 is 10.5 Å². The summed E-state index contributed by atoms with van der Waals surface area (Å²) in [7, 11) is 0. The van der Waals surface area contributed by atoms with Crippen molar-refractivity contribution in [2.45, 2.75) is 26.4 Å². The monoisotopic (exact) mass is 312 g/mol. The molecule has 0 fully saturated rings. The molecule has 2 aromatic carbocycles. The molecule has 1 amide bonds. The Hall–Kier alpha value is -2.82. The average Bonchev–Trinajstić information content (AvgIpc) is 2.46. The van der Waals surface area contributed by atoms with Crippen molar-refractivity contribution in [3.63, 3.8) is 0 Å². The molecule has 5 heteroatoms. The Labute approximate surface area is 135 Å². The zero-order valence-electron chi connectivity index (χ0n) is 13.4. The molecule has 2 rings (SSSR count). The fourth-order valence-corrected chi connectivity index (χ4v) is 1.93. The lowest BCUT2D eigenvalue weighted by Gasteiger charge is -2.19. The number of amides is 1. The Morgan fingerprint density at radius 1 is 0.913 bits per heavy atom. The predicted molar refractivity (Wildman–Crippen MR) is 90.6 cm³/mol. The van der Waals surface area contributed by atoms with E-state index in [4.69, 9.17) is 10.5 Å². The molecule has 0 bridgehead atoms. The molecular formula is C18H20N2O3. The summed E-state index contributed by atoms with van der Waals surface area (Å²) in [4.78, 5) is 24.0. The molecule has 0 aliphatic rings. The van der Waals surface area contributed by atoms with Crippen LogP contribution in [-0.4, -0.2) is 17.5 Å². The second-order valence-corrected chi connectivity index (χ2v) is 6.16. The Morgan fingerprint density at radius 3 is 1.87 bits per heavy atom. The predicted octanol–water partition coefficient (Wildman–Crippen LogP) is 3.85. The van der Waals surface area contributed by atoms with Crippen molar-refractivity contribution in [2.24, 2.45) is 0 Å². The summed E-state index contributed by atoms with van der Waals surface area (Å²) < 4.78 is 5.17. The lowest BCUT2D eigenvalue weighted by Crippen LogP contribution is -2.27. The van der Waals surface area contributed by atoms with Crippen molar-refractivity contribution < 1.29 is 14.3 Å². The minimum absolute atomic E-state index is 0.103. The van der Waals surface area contributed by atoms with Crippen LogP contribution in [0.15, 0.2) is 48.5 Å². The topological polar surface area (TPSA) is 81.4 Å². The summed E-state index contributed by atoms with van der Waals surface area (Å²) in [6.07, 6.45) is -0.532. The van der Waals surface area contributed by atoms with E-state index < -0.39 is 11.7 Å². The van der Waals surface area contributed by atoms with Crippen molar-refractivity contribution in [1.82, 2.24) is 0 Å². The number of rotatable bonds is 3. The maximum atomic E-state index is 12.3. The van der Waals surface area contributed by atoms with Gasteiger partial charge in [-0.05, 0) is 69.3 Å². The molecule has 0 spiro atoms. The van der Waals surface area contributed by atoms with Crippen LogP contribution in [0.4, 0.5) is 16.2 Å². The number of nitrogens with two attached hydrogens (primary N) is 1. The second-order valence-electron chi connectivity index (χ2n) is 6.16. The van der Waals surface area contributed by atoms with Gasteiger partial charge in [-0.3, -0.25) is 10.1 Å². The van der Waals surface area contributed by atoms with Crippen LogP contribution >= 0.6 is 0 Å². The van der Waals surface area contributed by atoms with Gasteiger partial charge in [0.05, 0.1) is 0 Å². The van der Waals surface area contributed by atoms with Gasteiger partial charge in [-0.1, -0.05) is 0 Å². The number of carbonyl (C=O) groups is 2. The first-order valence-electron chi connectivity index (χ1n) is 7.25. The van der Waals surface area contributed by atoms with Gasteiger partial charge in [-0.2, -0.15) is 0 Å². The van der Waals surface area contributed by atoms with Gasteiger partial charge in [0, 0.05) is 22.5 Å². The van der Waals surface area contributed by atoms with Crippen LogP contribution < -0.4 is 11.1 Å². The molecule has 0 saturated heterocycles. The highest BCUT2D eigenvalue weighted by atomic mass is 16.6. The van der Waals surface area contributed by atoms with Gasteiger partial charge in [0.25, 0.3) is 0 Å². The molecule has 0 atom stereocenters. The van der Waals surface area contributed by atoms with E-state index in [0.717, 1.165) is 0 Å². The van der Waals surface area contributed by atoms with Crippen molar-refractivity contribution in [1.29, 1.82) is 0 Å². The molecule has 0 aromatic heterocycles. The Kier molecular flexibility index (Phi) is 4.69. The quantitative estimate of drug-likeness (QED) is 0.666. The van der Waals surface area contributed by atoms with Crippen molar-refractivity contribution in [3.05, 3.63) is 59.7 Å². The minimum Gasteiger partial charge on any atom is -0.444 e. The normalized spacial score (nSPS) is 10.9. The number of carbonyl (C=O) groups excluding carboxylic acids is 2. The molecule has 23 heavy (non-hydrogen) atoms. The summed E-state index contributed by atoms with van der Waals surface area (Å²) in [5.41, 5.74) is 7.32. The second kappa shape index (κ2) is 6.52. The number of anilines is 2. The summed E-state index contributed by atoms with van der Waals surface area (Å²) in [6.45, 7) is 5.38. The highest BCUT2D eigenvalue weighted by Gasteiger charge is 2.16. The zero-order valence-corrected chi connectivity index (χ0v) is 13.4. The Bertz CT molecular complexity index is 699. The van der Waals surface area contributed by atoms with E-state index in [0.29, 0.717) is 22.5 Å². The standard InChI is InChI=1S/C18H20N2O3/c1-18(2,3)23-17(22)20-15-10-6-13(7-11-15)16(21)12-4-8-14(19)9-5-12/h4-11H,19H2,1-3H3,(H,20,22). The van der Waals surface area contributed by atoms with Crippen LogP contribution in [-0.2, 0) is 4.74 Å². The minimum atomic E-state index is -0.560. The molecule has 0 radical (unpaired) electrons. The summed E-state index contributed by atoms with van der Waals surface area (Å²) in [6, 6.07) is 13.4. The van der Waals surface area contributed by atoms with E-state index in [1.165, 1.54) is 0 Å². The van der Waals surface area contributed by atoms with Gasteiger partial charge in [0.1, 0.15) is 5.60 Å². The molecule has 5 nitrogen and oxygen atoms in total. The Balaban J connectivity index is 2.06. The summed E-state index contributed by atoms with van der Waals surface area (Å²) >= 11 is 0. The van der Waals surface area contributed by atoms with E-state index >= 15 is 0 Å². The molecule has 0 unspecified atom stereocenters. The fraction of sp³-hybridized carbons (Fsp3) is 0.222. The number of nitrogens with one attached hydrogen (secondary N) is 1. The van der Waals surface area contributed by atoms with Crippen LogP contribution in [0, 0.1) is 0 Å². The molecule has 2 aromatic rings. The Morgan fingerprint density at radius 2 is 1.39 bits per heavy atom. The first-order chi connectivity index (χ1) is 10.7.